The summed E-state index contributed by atoms with van der Waals surface area (Å²) in [6.07, 6.45) is 0.234. The summed E-state index contributed by atoms with van der Waals surface area (Å²) < 4.78 is 29.2. The number of carbonyl (C=O) groups excluding carboxylic acids is 2. The topological polar surface area (TPSA) is 86.8 Å². The zero-order chi connectivity index (χ0) is 31.0. The molecule has 0 heterocycles. The maximum atomic E-state index is 14.4. The largest absolute Gasteiger partial charge is 0.355 e. The second kappa shape index (κ2) is 14.4. The second-order valence-electron chi connectivity index (χ2n) is 10.3. The van der Waals surface area contributed by atoms with Crippen molar-refractivity contribution in [2.24, 2.45) is 0 Å². The van der Waals surface area contributed by atoms with Crippen LogP contribution in [-0.2, 0) is 32.6 Å². The standard InChI is InChI=1S/C34H36ClN3O4S/c1-4-36-34(40)32(22-27-13-7-5-8-14-27)37(23-28-15-11-12-18-31(28)35)33(39)24-38(29-20-19-25(2)26(3)21-29)43(41,42)30-16-9-6-10-17-30/h5-21,32H,4,22-24H2,1-3H3,(H,36,40)/t32-/m1/s1. The van der Waals surface area contributed by atoms with Crippen LogP contribution in [0.15, 0.2) is 108 Å². The number of anilines is 1. The summed E-state index contributed by atoms with van der Waals surface area (Å²) in [4.78, 5) is 29.5. The van der Waals surface area contributed by atoms with Gasteiger partial charge in [-0.3, -0.25) is 13.9 Å². The van der Waals surface area contributed by atoms with Gasteiger partial charge in [-0.1, -0.05) is 84.4 Å². The van der Waals surface area contributed by atoms with E-state index in [1.54, 1.807) is 48.5 Å². The maximum Gasteiger partial charge on any atom is 0.264 e. The van der Waals surface area contributed by atoms with Crippen LogP contribution in [0.2, 0.25) is 5.02 Å². The zero-order valence-corrected chi connectivity index (χ0v) is 26.1. The summed E-state index contributed by atoms with van der Waals surface area (Å²) >= 11 is 6.52. The van der Waals surface area contributed by atoms with Crippen molar-refractivity contribution in [1.82, 2.24) is 10.2 Å². The third-order valence-electron chi connectivity index (χ3n) is 7.31. The normalized spacial score (nSPS) is 11.9. The molecule has 1 N–H and O–H groups in total. The van der Waals surface area contributed by atoms with Crippen molar-refractivity contribution in [2.45, 2.75) is 44.7 Å². The molecule has 0 saturated heterocycles. The van der Waals surface area contributed by atoms with E-state index in [1.165, 1.54) is 17.0 Å². The van der Waals surface area contributed by atoms with Crippen LogP contribution in [0.3, 0.4) is 0 Å². The Labute approximate surface area is 259 Å². The number of hydrogen-bond acceptors (Lipinski definition) is 4. The number of halogens is 1. The number of rotatable bonds is 12. The highest BCUT2D eigenvalue weighted by atomic mass is 35.5. The summed E-state index contributed by atoms with van der Waals surface area (Å²) in [6.45, 7) is 5.50. The highest BCUT2D eigenvalue weighted by Gasteiger charge is 2.34. The summed E-state index contributed by atoms with van der Waals surface area (Å²) in [7, 11) is -4.15. The molecule has 0 aliphatic carbocycles. The van der Waals surface area contributed by atoms with E-state index in [0.29, 0.717) is 22.8 Å². The van der Waals surface area contributed by atoms with Crippen LogP contribution in [0.25, 0.3) is 0 Å². The molecule has 0 aliphatic rings. The first kappa shape index (κ1) is 31.8. The van der Waals surface area contributed by atoms with Crippen molar-refractivity contribution in [3.63, 3.8) is 0 Å². The van der Waals surface area contributed by atoms with Crippen molar-refractivity contribution in [3.05, 3.63) is 130 Å². The fourth-order valence-electron chi connectivity index (χ4n) is 4.79. The molecule has 0 fully saturated rings. The Bertz CT molecular complexity index is 1660. The van der Waals surface area contributed by atoms with Crippen LogP contribution in [-0.4, -0.2) is 44.3 Å². The molecule has 0 aliphatic heterocycles. The van der Waals surface area contributed by atoms with E-state index in [0.717, 1.165) is 21.0 Å². The second-order valence-corrected chi connectivity index (χ2v) is 12.6. The predicted molar refractivity (Wildman–Crippen MR) is 172 cm³/mol. The van der Waals surface area contributed by atoms with Crippen molar-refractivity contribution in [2.75, 3.05) is 17.4 Å². The van der Waals surface area contributed by atoms with Crippen LogP contribution in [0, 0.1) is 13.8 Å². The molecule has 1 atom stereocenters. The third-order valence-corrected chi connectivity index (χ3v) is 9.47. The molecule has 4 aromatic rings. The van der Waals surface area contributed by atoms with Gasteiger partial charge in [-0.2, -0.15) is 0 Å². The monoisotopic (exact) mass is 617 g/mol. The number of likely N-dealkylation sites (N-methyl/N-ethyl adjacent to an activating group) is 1. The van der Waals surface area contributed by atoms with Crippen LogP contribution in [0.5, 0.6) is 0 Å². The highest BCUT2D eigenvalue weighted by molar-refractivity contribution is 7.92. The maximum absolute atomic E-state index is 14.4. The lowest BCUT2D eigenvalue weighted by molar-refractivity contribution is -0.140. The fourth-order valence-corrected chi connectivity index (χ4v) is 6.41. The molecule has 4 rings (SSSR count). The Balaban J connectivity index is 1.81. The Morgan fingerprint density at radius 1 is 0.837 bits per heavy atom. The van der Waals surface area contributed by atoms with Crippen LogP contribution in [0.4, 0.5) is 5.69 Å². The Hall–Kier alpha value is -4.14. The van der Waals surface area contributed by atoms with Crippen LogP contribution < -0.4 is 9.62 Å². The average Bonchev–Trinajstić information content (AvgIpc) is 3.01. The molecule has 224 valence electrons. The molecular formula is C34H36ClN3O4S. The lowest BCUT2D eigenvalue weighted by atomic mass is 10.0. The Morgan fingerprint density at radius 3 is 2.09 bits per heavy atom. The molecule has 0 spiro atoms. The van der Waals surface area contributed by atoms with Gasteiger partial charge in [0.05, 0.1) is 10.6 Å². The minimum absolute atomic E-state index is 0.0132. The Morgan fingerprint density at radius 2 is 1.47 bits per heavy atom. The van der Waals surface area contributed by atoms with E-state index in [2.05, 4.69) is 5.32 Å². The minimum Gasteiger partial charge on any atom is -0.355 e. The van der Waals surface area contributed by atoms with Crippen molar-refractivity contribution in [1.29, 1.82) is 0 Å². The third kappa shape index (κ3) is 7.83. The van der Waals surface area contributed by atoms with E-state index < -0.39 is 28.5 Å². The van der Waals surface area contributed by atoms with Gasteiger partial charge in [0, 0.05) is 24.5 Å². The molecule has 0 saturated carbocycles. The lowest BCUT2D eigenvalue weighted by Gasteiger charge is -2.34. The van der Waals surface area contributed by atoms with Crippen LogP contribution >= 0.6 is 11.6 Å². The summed E-state index contributed by atoms with van der Waals surface area (Å²) in [5.41, 5.74) is 3.74. The number of amides is 2. The first-order chi connectivity index (χ1) is 20.6. The molecule has 9 heteroatoms. The van der Waals surface area contributed by atoms with Gasteiger partial charge in [0.25, 0.3) is 10.0 Å². The fraction of sp³-hybridized carbons (Fsp3) is 0.235. The van der Waals surface area contributed by atoms with Crippen molar-refractivity contribution in [3.8, 4) is 0 Å². The van der Waals surface area contributed by atoms with Gasteiger partial charge < -0.3 is 10.2 Å². The molecule has 2 amide bonds. The van der Waals surface area contributed by atoms with Crippen LogP contribution in [0.1, 0.15) is 29.2 Å². The zero-order valence-electron chi connectivity index (χ0n) is 24.5. The first-order valence-corrected chi connectivity index (χ1v) is 15.9. The summed E-state index contributed by atoms with van der Waals surface area (Å²) in [5, 5.41) is 3.30. The number of hydrogen-bond donors (Lipinski definition) is 1. The smallest absolute Gasteiger partial charge is 0.264 e. The van der Waals surface area contributed by atoms with E-state index in [4.69, 9.17) is 11.6 Å². The predicted octanol–water partition coefficient (Wildman–Crippen LogP) is 5.93. The SMILES string of the molecule is CCNC(=O)[C@@H](Cc1ccccc1)N(Cc1ccccc1Cl)C(=O)CN(c1ccc(C)c(C)c1)S(=O)(=O)c1ccccc1. The summed E-state index contributed by atoms with van der Waals surface area (Å²) in [5.74, 6) is -0.875. The van der Waals surface area contributed by atoms with E-state index in [-0.39, 0.29) is 23.8 Å². The lowest BCUT2D eigenvalue weighted by Crippen LogP contribution is -2.53. The van der Waals surface area contributed by atoms with Gasteiger partial charge in [-0.25, -0.2) is 8.42 Å². The van der Waals surface area contributed by atoms with Gasteiger partial charge in [-0.15, -0.1) is 0 Å². The van der Waals surface area contributed by atoms with Crippen molar-refractivity contribution >= 4 is 39.1 Å². The van der Waals surface area contributed by atoms with E-state index >= 15 is 0 Å². The number of aryl methyl sites for hydroxylation is 2. The average molecular weight is 618 g/mol. The Kier molecular flexibility index (Phi) is 10.6. The van der Waals surface area contributed by atoms with Gasteiger partial charge in [0.15, 0.2) is 0 Å². The molecule has 0 bridgehead atoms. The number of nitrogens with one attached hydrogen (secondary N) is 1. The molecule has 0 unspecified atom stereocenters. The van der Waals surface area contributed by atoms with E-state index in [1.807, 2.05) is 63.2 Å². The molecule has 0 aromatic heterocycles. The van der Waals surface area contributed by atoms with E-state index in [9.17, 15) is 18.0 Å². The highest BCUT2D eigenvalue weighted by Crippen LogP contribution is 2.27. The van der Waals surface area contributed by atoms with Gasteiger partial charge in [0.1, 0.15) is 12.6 Å². The molecule has 4 aromatic carbocycles. The minimum atomic E-state index is -4.15. The molecular weight excluding hydrogens is 582 g/mol. The molecule has 7 nitrogen and oxygen atoms in total. The molecule has 0 radical (unpaired) electrons. The van der Waals surface area contributed by atoms with Gasteiger partial charge >= 0.3 is 0 Å². The number of carbonyl (C=O) groups is 2. The number of benzene rings is 4. The number of sulfonamides is 1. The van der Waals surface area contributed by atoms with Crippen molar-refractivity contribution < 1.29 is 18.0 Å². The quantitative estimate of drug-likeness (QED) is 0.214. The number of nitrogens with zero attached hydrogens (tertiary/aromatic N) is 2. The first-order valence-electron chi connectivity index (χ1n) is 14.1. The summed E-state index contributed by atoms with van der Waals surface area (Å²) in [6, 6.07) is 28.9. The molecule has 43 heavy (non-hydrogen) atoms. The van der Waals surface area contributed by atoms with Gasteiger partial charge in [0.2, 0.25) is 11.8 Å². The van der Waals surface area contributed by atoms with Gasteiger partial charge in [-0.05, 0) is 73.4 Å².